The molecular weight excluding hydrogens is 248 g/mol. The Hall–Kier alpha value is -0.740. The van der Waals surface area contributed by atoms with E-state index in [4.69, 9.17) is 12.2 Å². The number of benzene rings is 1. The van der Waals surface area contributed by atoms with Gasteiger partial charge in [-0.3, -0.25) is 0 Å². The van der Waals surface area contributed by atoms with E-state index in [2.05, 4.69) is 46.4 Å². The molecule has 1 atom stereocenters. The normalized spacial score (nSPS) is 20.2. The van der Waals surface area contributed by atoms with Crippen LogP contribution in [-0.2, 0) is 6.54 Å². The minimum Gasteiger partial charge on any atom is -0.331 e. The second-order valence-corrected chi connectivity index (χ2v) is 6.49. The molecule has 1 aliphatic rings. The Morgan fingerprint density at radius 2 is 2.41 bits per heavy atom. The first-order valence-corrected chi connectivity index (χ1v) is 7.50. The zero-order valence-electron chi connectivity index (χ0n) is 9.90. The number of aromatic amines is 1. The maximum absolute atomic E-state index is 5.43. The Morgan fingerprint density at radius 3 is 3.18 bits per heavy atom. The lowest BCUT2D eigenvalue weighted by Gasteiger charge is -2.10. The topological polar surface area (TPSA) is 20.7 Å². The van der Waals surface area contributed by atoms with Gasteiger partial charge >= 0.3 is 0 Å². The summed E-state index contributed by atoms with van der Waals surface area (Å²) in [4.78, 5) is 3.31. The van der Waals surface area contributed by atoms with Crippen molar-refractivity contribution in [2.45, 2.75) is 31.6 Å². The van der Waals surface area contributed by atoms with E-state index < -0.39 is 0 Å². The number of aromatic nitrogens is 2. The highest BCUT2D eigenvalue weighted by molar-refractivity contribution is 8.00. The molecule has 90 valence electrons. The van der Waals surface area contributed by atoms with Crippen LogP contribution in [0.3, 0.4) is 0 Å². The van der Waals surface area contributed by atoms with E-state index in [9.17, 15) is 0 Å². The van der Waals surface area contributed by atoms with Crippen LogP contribution in [0.25, 0.3) is 11.0 Å². The third kappa shape index (κ3) is 2.16. The van der Waals surface area contributed by atoms with E-state index in [0.717, 1.165) is 22.1 Å². The Kier molecular flexibility index (Phi) is 3.01. The summed E-state index contributed by atoms with van der Waals surface area (Å²) in [5, 5.41) is 0.738. The molecule has 2 aromatic rings. The van der Waals surface area contributed by atoms with Crippen LogP contribution >= 0.6 is 24.0 Å². The van der Waals surface area contributed by atoms with Gasteiger partial charge in [-0.15, -0.1) is 0 Å². The number of thioether (sulfide) groups is 1. The third-order valence-electron chi connectivity index (χ3n) is 3.34. The van der Waals surface area contributed by atoms with E-state index in [1.165, 1.54) is 29.7 Å². The summed E-state index contributed by atoms with van der Waals surface area (Å²) in [5.74, 6) is 1.31. The molecule has 0 radical (unpaired) electrons. The minimum absolute atomic E-state index is 0.738. The second kappa shape index (κ2) is 4.50. The largest absolute Gasteiger partial charge is 0.331 e. The molecule has 0 amide bonds. The Bertz CT molecular complexity index is 591. The van der Waals surface area contributed by atoms with Crippen molar-refractivity contribution in [1.29, 1.82) is 0 Å². The molecular formula is C13H16N2S2. The van der Waals surface area contributed by atoms with Crippen LogP contribution in [0.1, 0.15) is 18.4 Å². The molecule has 4 heteroatoms. The van der Waals surface area contributed by atoms with E-state index >= 15 is 0 Å². The number of hydrogen-bond acceptors (Lipinski definition) is 2. The monoisotopic (exact) mass is 264 g/mol. The third-order valence-corrected chi connectivity index (χ3v) is 5.04. The standard InChI is InChI=1S/C13H16N2S2/c1-9-4-5-12-11(7-9)14-13(16)15(12)8-10-3-2-6-17-10/h4-5,7,10H,2-3,6,8H2,1H3,(H,14,16). The number of nitrogens with zero attached hydrogens (tertiary/aromatic N) is 1. The first-order valence-electron chi connectivity index (χ1n) is 6.05. The molecule has 1 N–H and O–H groups in total. The van der Waals surface area contributed by atoms with Gasteiger partial charge in [0.15, 0.2) is 4.77 Å². The van der Waals surface area contributed by atoms with Gasteiger partial charge in [-0.25, -0.2) is 0 Å². The van der Waals surface area contributed by atoms with Crippen LogP contribution in [0.5, 0.6) is 0 Å². The van der Waals surface area contributed by atoms with Crippen LogP contribution in [0.15, 0.2) is 18.2 Å². The molecule has 0 bridgehead atoms. The van der Waals surface area contributed by atoms with E-state index in [0.29, 0.717) is 0 Å². The summed E-state index contributed by atoms with van der Waals surface area (Å²) >= 11 is 7.51. The lowest BCUT2D eigenvalue weighted by Crippen LogP contribution is -2.09. The fourth-order valence-electron chi connectivity index (χ4n) is 2.45. The average Bonchev–Trinajstić information content (AvgIpc) is 2.88. The highest BCUT2D eigenvalue weighted by atomic mass is 32.2. The van der Waals surface area contributed by atoms with Crippen LogP contribution < -0.4 is 0 Å². The van der Waals surface area contributed by atoms with Gasteiger partial charge in [-0.2, -0.15) is 11.8 Å². The average molecular weight is 264 g/mol. The maximum Gasteiger partial charge on any atom is 0.178 e. The first kappa shape index (κ1) is 11.4. The summed E-state index contributed by atoms with van der Waals surface area (Å²) in [5.41, 5.74) is 3.68. The van der Waals surface area contributed by atoms with Crippen molar-refractivity contribution in [2.24, 2.45) is 0 Å². The van der Waals surface area contributed by atoms with Crippen molar-refractivity contribution in [1.82, 2.24) is 9.55 Å². The number of fused-ring (bicyclic) bond motifs is 1. The maximum atomic E-state index is 5.43. The van der Waals surface area contributed by atoms with Gasteiger partial charge in [-0.05, 0) is 55.4 Å². The van der Waals surface area contributed by atoms with Gasteiger partial charge in [-0.1, -0.05) is 6.07 Å². The molecule has 1 fully saturated rings. The summed E-state index contributed by atoms with van der Waals surface area (Å²) in [6.45, 7) is 3.16. The van der Waals surface area contributed by atoms with Gasteiger partial charge in [0, 0.05) is 11.8 Å². The summed E-state index contributed by atoms with van der Waals surface area (Å²) in [7, 11) is 0. The van der Waals surface area contributed by atoms with Crippen molar-refractivity contribution >= 4 is 35.0 Å². The van der Waals surface area contributed by atoms with Gasteiger partial charge in [0.2, 0.25) is 0 Å². The van der Waals surface area contributed by atoms with Gasteiger partial charge in [0.1, 0.15) is 0 Å². The fourth-order valence-corrected chi connectivity index (χ4v) is 3.99. The lowest BCUT2D eigenvalue weighted by atomic mass is 10.2. The molecule has 0 aliphatic carbocycles. The van der Waals surface area contributed by atoms with Gasteiger partial charge < -0.3 is 9.55 Å². The molecule has 0 spiro atoms. The summed E-state index contributed by atoms with van der Waals surface area (Å²) < 4.78 is 3.12. The zero-order valence-corrected chi connectivity index (χ0v) is 11.5. The molecule has 17 heavy (non-hydrogen) atoms. The van der Waals surface area contributed by atoms with Crippen molar-refractivity contribution in [3.63, 3.8) is 0 Å². The van der Waals surface area contributed by atoms with Crippen molar-refractivity contribution in [3.05, 3.63) is 28.5 Å². The smallest absolute Gasteiger partial charge is 0.178 e. The highest BCUT2D eigenvalue weighted by Gasteiger charge is 2.17. The molecule has 1 unspecified atom stereocenters. The summed E-state index contributed by atoms with van der Waals surface area (Å²) in [6.07, 6.45) is 2.68. The van der Waals surface area contributed by atoms with Gasteiger partial charge in [0.25, 0.3) is 0 Å². The quantitative estimate of drug-likeness (QED) is 0.830. The lowest BCUT2D eigenvalue weighted by molar-refractivity contribution is 0.645. The molecule has 1 saturated heterocycles. The Morgan fingerprint density at radius 1 is 1.53 bits per heavy atom. The second-order valence-electron chi connectivity index (χ2n) is 4.70. The summed E-state index contributed by atoms with van der Waals surface area (Å²) in [6, 6.07) is 6.50. The van der Waals surface area contributed by atoms with Gasteiger partial charge in [0.05, 0.1) is 11.0 Å². The predicted octanol–water partition coefficient (Wildman–Crippen LogP) is 3.90. The Labute approximate surface area is 110 Å². The Balaban J connectivity index is 2.02. The van der Waals surface area contributed by atoms with Crippen molar-refractivity contribution < 1.29 is 0 Å². The van der Waals surface area contributed by atoms with Crippen molar-refractivity contribution in [2.75, 3.05) is 5.75 Å². The number of rotatable bonds is 2. The van der Waals surface area contributed by atoms with Crippen LogP contribution in [0, 0.1) is 11.7 Å². The molecule has 1 aliphatic heterocycles. The predicted molar refractivity (Wildman–Crippen MR) is 77.3 cm³/mol. The zero-order chi connectivity index (χ0) is 11.8. The minimum atomic E-state index is 0.738. The number of H-pyrrole nitrogens is 1. The fraction of sp³-hybridized carbons (Fsp3) is 0.462. The van der Waals surface area contributed by atoms with E-state index in [1.54, 1.807) is 0 Å². The highest BCUT2D eigenvalue weighted by Crippen LogP contribution is 2.28. The number of nitrogens with one attached hydrogen (secondary N) is 1. The molecule has 2 nitrogen and oxygen atoms in total. The van der Waals surface area contributed by atoms with E-state index in [1.807, 2.05) is 0 Å². The van der Waals surface area contributed by atoms with Crippen LogP contribution in [0.2, 0.25) is 0 Å². The molecule has 2 heterocycles. The first-order chi connectivity index (χ1) is 8.24. The SMILES string of the molecule is Cc1ccc2c(c1)[nH]c(=S)n2CC1CCCS1. The van der Waals surface area contributed by atoms with Crippen LogP contribution in [0.4, 0.5) is 0 Å². The molecule has 0 saturated carbocycles. The van der Waals surface area contributed by atoms with Crippen LogP contribution in [-0.4, -0.2) is 20.6 Å². The molecule has 1 aromatic heterocycles. The molecule has 1 aromatic carbocycles. The number of imidazole rings is 1. The number of aryl methyl sites for hydroxylation is 1. The van der Waals surface area contributed by atoms with Crippen molar-refractivity contribution in [3.8, 4) is 0 Å². The molecule has 3 rings (SSSR count). The van der Waals surface area contributed by atoms with E-state index in [-0.39, 0.29) is 0 Å². The number of hydrogen-bond donors (Lipinski definition) is 1.